The van der Waals surface area contributed by atoms with E-state index in [0.717, 1.165) is 122 Å². The van der Waals surface area contributed by atoms with E-state index >= 15 is 0 Å². The van der Waals surface area contributed by atoms with Crippen LogP contribution in [0.4, 0.5) is 0 Å². The molecule has 2 aromatic carbocycles. The van der Waals surface area contributed by atoms with Crippen molar-refractivity contribution in [2.24, 2.45) is 0 Å². The SMILES string of the molecule is CCCC[C@H]1CCCCC(C(=O)OC)=Cc2cc(OC)c(c(OC)c2)[C@@H](CCCC)CCCCC(C(=O)OC)=Cc2cc(OC)c1c(OC)c2. The molecule has 0 spiro atoms. The highest BCUT2D eigenvalue weighted by molar-refractivity contribution is 5.94. The quantitative estimate of drug-likeness (QED) is 0.203. The number of hydrogen-bond donors (Lipinski definition) is 0. The van der Waals surface area contributed by atoms with Crippen LogP contribution in [0.2, 0.25) is 0 Å². The molecule has 4 aliphatic carbocycles. The summed E-state index contributed by atoms with van der Waals surface area (Å²) in [7, 11) is 9.61. The van der Waals surface area contributed by atoms with E-state index in [0.29, 0.717) is 24.0 Å². The standard InChI is InChI=1S/C42H60O8/c1-9-11-17-31-19-13-15-21-33(41(43)49-7)24-30-27-37(47-5)40(38(28-30)48-6)32(18-12-10-2)20-14-16-22-34(42(44)50-8)23-29-25-35(45-3)39(31)36(26-29)46-4/h23-28,31-32H,9-22H2,1-8H3/t31-,32-/m0/s1. The average molecular weight is 693 g/mol. The third-order valence-corrected chi connectivity index (χ3v) is 9.84. The summed E-state index contributed by atoms with van der Waals surface area (Å²) in [6.07, 6.45) is 16.4. The fourth-order valence-corrected chi connectivity index (χ4v) is 7.20. The average Bonchev–Trinajstić information content (AvgIpc) is 3.14. The highest BCUT2D eigenvalue weighted by Crippen LogP contribution is 2.44. The second-order valence-corrected chi connectivity index (χ2v) is 13.2. The van der Waals surface area contributed by atoms with Gasteiger partial charge in [-0.2, -0.15) is 0 Å². The molecule has 0 aliphatic heterocycles. The van der Waals surface area contributed by atoms with E-state index in [1.807, 2.05) is 36.4 Å². The summed E-state index contributed by atoms with van der Waals surface area (Å²) in [6.45, 7) is 4.39. The molecule has 8 heteroatoms. The normalized spacial score (nSPS) is 17.4. The van der Waals surface area contributed by atoms with Gasteiger partial charge in [0.05, 0.1) is 42.7 Å². The molecule has 276 valence electrons. The minimum Gasteiger partial charge on any atom is -0.496 e. The molecule has 2 atom stereocenters. The maximum absolute atomic E-state index is 13.0. The Morgan fingerprint density at radius 3 is 1.18 bits per heavy atom. The lowest BCUT2D eigenvalue weighted by Gasteiger charge is -2.24. The molecular formula is C42H60O8. The molecule has 2 aromatic rings. The van der Waals surface area contributed by atoms with Gasteiger partial charge in [0.2, 0.25) is 0 Å². The van der Waals surface area contributed by atoms with Gasteiger partial charge in [-0.3, -0.25) is 0 Å². The maximum Gasteiger partial charge on any atom is 0.333 e. The van der Waals surface area contributed by atoms with Crippen LogP contribution in [0.5, 0.6) is 23.0 Å². The van der Waals surface area contributed by atoms with Crippen LogP contribution < -0.4 is 18.9 Å². The van der Waals surface area contributed by atoms with E-state index in [-0.39, 0.29) is 23.8 Å². The molecule has 4 bridgehead atoms. The molecule has 0 radical (unpaired) electrons. The first-order valence-corrected chi connectivity index (χ1v) is 18.4. The highest BCUT2D eigenvalue weighted by Gasteiger charge is 2.25. The summed E-state index contributed by atoms with van der Waals surface area (Å²) >= 11 is 0. The van der Waals surface area contributed by atoms with Crippen molar-refractivity contribution in [1.29, 1.82) is 0 Å². The lowest BCUT2D eigenvalue weighted by molar-refractivity contribution is -0.137. The molecule has 0 N–H and O–H groups in total. The predicted molar refractivity (Wildman–Crippen MR) is 201 cm³/mol. The third kappa shape index (κ3) is 11.0. The van der Waals surface area contributed by atoms with Gasteiger partial charge in [-0.05, 0) is 111 Å². The zero-order valence-corrected chi connectivity index (χ0v) is 31.8. The number of rotatable bonds is 12. The van der Waals surface area contributed by atoms with Gasteiger partial charge in [-0.25, -0.2) is 9.59 Å². The monoisotopic (exact) mass is 692 g/mol. The lowest BCUT2D eigenvalue weighted by Crippen LogP contribution is -2.09. The van der Waals surface area contributed by atoms with E-state index in [1.54, 1.807) is 28.4 Å². The first-order valence-electron chi connectivity index (χ1n) is 18.4. The zero-order chi connectivity index (χ0) is 36.5. The number of benzene rings is 2. The van der Waals surface area contributed by atoms with E-state index in [1.165, 1.54) is 14.2 Å². The summed E-state index contributed by atoms with van der Waals surface area (Å²) in [5.74, 6) is 2.74. The Balaban J connectivity index is 2.17. The number of ether oxygens (including phenoxy) is 6. The number of carbonyl (C=O) groups is 2. The number of carbonyl (C=O) groups excluding carboxylic acids is 2. The Bertz CT molecular complexity index is 1300. The van der Waals surface area contributed by atoms with Crippen molar-refractivity contribution < 1.29 is 38.0 Å². The Labute approximate surface area is 300 Å². The number of methoxy groups -OCH3 is 6. The van der Waals surface area contributed by atoms with E-state index in [2.05, 4.69) is 13.8 Å². The first kappa shape index (κ1) is 40.5. The molecule has 0 aromatic heterocycles. The van der Waals surface area contributed by atoms with Crippen molar-refractivity contribution in [2.75, 3.05) is 42.7 Å². The Morgan fingerprint density at radius 2 is 0.900 bits per heavy atom. The molecule has 4 aliphatic rings. The minimum absolute atomic E-state index is 0.197. The molecule has 0 saturated carbocycles. The highest BCUT2D eigenvalue weighted by atomic mass is 16.5. The molecule has 0 heterocycles. The minimum atomic E-state index is -0.330. The van der Waals surface area contributed by atoms with Crippen molar-refractivity contribution in [1.82, 2.24) is 0 Å². The van der Waals surface area contributed by atoms with Crippen molar-refractivity contribution in [3.05, 3.63) is 57.7 Å². The Morgan fingerprint density at radius 1 is 0.560 bits per heavy atom. The van der Waals surface area contributed by atoms with Gasteiger partial charge in [0.15, 0.2) is 0 Å². The summed E-state index contributed by atoms with van der Waals surface area (Å²) in [5, 5.41) is 0. The summed E-state index contributed by atoms with van der Waals surface area (Å²) in [4.78, 5) is 26.1. The third-order valence-electron chi connectivity index (χ3n) is 9.84. The molecule has 50 heavy (non-hydrogen) atoms. The van der Waals surface area contributed by atoms with Crippen LogP contribution in [-0.2, 0) is 19.1 Å². The number of unbranched alkanes of at least 4 members (excludes halogenated alkanes) is 2. The summed E-state index contributed by atoms with van der Waals surface area (Å²) < 4.78 is 34.4. The van der Waals surface area contributed by atoms with Gasteiger partial charge in [0, 0.05) is 22.3 Å². The number of esters is 2. The van der Waals surface area contributed by atoms with Crippen LogP contribution in [0.25, 0.3) is 12.2 Å². The Kier molecular flexibility index (Phi) is 17.3. The molecule has 6 rings (SSSR count). The molecule has 0 unspecified atom stereocenters. The van der Waals surface area contributed by atoms with Gasteiger partial charge in [-0.1, -0.05) is 52.4 Å². The van der Waals surface area contributed by atoms with Crippen LogP contribution in [0.1, 0.15) is 138 Å². The molecule has 0 amide bonds. The predicted octanol–water partition coefficient (Wildman–Crippen LogP) is 10.2. The largest absolute Gasteiger partial charge is 0.496 e. The fourth-order valence-electron chi connectivity index (χ4n) is 7.20. The van der Waals surface area contributed by atoms with Crippen molar-refractivity contribution >= 4 is 24.1 Å². The van der Waals surface area contributed by atoms with Crippen LogP contribution in [0.3, 0.4) is 0 Å². The van der Waals surface area contributed by atoms with Gasteiger partial charge >= 0.3 is 11.9 Å². The van der Waals surface area contributed by atoms with E-state index < -0.39 is 0 Å². The van der Waals surface area contributed by atoms with Crippen LogP contribution in [0, 0.1) is 0 Å². The second-order valence-electron chi connectivity index (χ2n) is 13.2. The molecular weight excluding hydrogens is 632 g/mol. The van der Waals surface area contributed by atoms with E-state index in [4.69, 9.17) is 28.4 Å². The van der Waals surface area contributed by atoms with Crippen LogP contribution in [0.15, 0.2) is 35.4 Å². The van der Waals surface area contributed by atoms with Gasteiger partial charge in [0.1, 0.15) is 23.0 Å². The van der Waals surface area contributed by atoms with Crippen molar-refractivity contribution in [3.63, 3.8) is 0 Å². The zero-order valence-electron chi connectivity index (χ0n) is 31.8. The first-order chi connectivity index (χ1) is 24.3. The Hall–Kier alpha value is -3.94. The molecule has 0 fully saturated rings. The van der Waals surface area contributed by atoms with E-state index in [9.17, 15) is 9.59 Å². The number of hydrogen-bond acceptors (Lipinski definition) is 8. The van der Waals surface area contributed by atoms with Gasteiger partial charge in [-0.15, -0.1) is 0 Å². The van der Waals surface area contributed by atoms with Gasteiger partial charge in [0.25, 0.3) is 0 Å². The fraction of sp³-hybridized carbons (Fsp3) is 0.571. The lowest BCUT2D eigenvalue weighted by atomic mass is 9.85. The molecule has 0 saturated heterocycles. The smallest absolute Gasteiger partial charge is 0.333 e. The topological polar surface area (TPSA) is 89.5 Å². The van der Waals surface area contributed by atoms with Crippen LogP contribution in [-0.4, -0.2) is 54.6 Å². The second kappa shape index (κ2) is 21.3. The van der Waals surface area contributed by atoms with Gasteiger partial charge < -0.3 is 28.4 Å². The maximum atomic E-state index is 13.0. The van der Waals surface area contributed by atoms with Crippen molar-refractivity contribution in [3.8, 4) is 23.0 Å². The van der Waals surface area contributed by atoms with Crippen molar-refractivity contribution in [2.45, 2.75) is 116 Å². The van der Waals surface area contributed by atoms with Crippen LogP contribution >= 0.6 is 0 Å². The molecule has 8 nitrogen and oxygen atoms in total. The summed E-state index contributed by atoms with van der Waals surface area (Å²) in [6, 6.07) is 8.03. The summed E-state index contributed by atoms with van der Waals surface area (Å²) in [5.41, 5.74) is 5.00.